The minimum atomic E-state index is -0.117. The summed E-state index contributed by atoms with van der Waals surface area (Å²) >= 11 is 2.97. The first-order chi connectivity index (χ1) is 13.4. The van der Waals surface area contributed by atoms with Crippen LogP contribution in [0, 0.1) is 0 Å². The Labute approximate surface area is 171 Å². The van der Waals surface area contributed by atoms with Crippen LogP contribution in [0.1, 0.15) is 49.6 Å². The number of hydrogen-bond acceptors (Lipinski definition) is 6. The van der Waals surface area contributed by atoms with Crippen molar-refractivity contribution in [2.24, 2.45) is 0 Å². The Balaban J connectivity index is 1.62. The van der Waals surface area contributed by atoms with Crippen molar-refractivity contribution in [1.82, 2.24) is 14.8 Å². The smallest absolute Gasteiger partial charge is 0.273 e. The van der Waals surface area contributed by atoms with Gasteiger partial charge in [0.15, 0.2) is 0 Å². The standard InChI is InChI=1S/C19H22N4O3S2/c1-4-5-14-20-12(10-27-14)17(25)23-7-6-11-13(8-23)28-19-16(11)18(26)21(2)9-15(24)22(19)3/h10H,4-9H2,1-3H3. The third kappa shape index (κ3) is 3.12. The molecule has 9 heteroatoms. The second kappa shape index (κ2) is 7.29. The Morgan fingerprint density at radius 2 is 2.04 bits per heavy atom. The number of thiazole rings is 1. The molecule has 0 N–H and O–H groups in total. The molecule has 28 heavy (non-hydrogen) atoms. The maximum absolute atomic E-state index is 12.9. The highest BCUT2D eigenvalue weighted by Gasteiger charge is 2.36. The summed E-state index contributed by atoms with van der Waals surface area (Å²) in [6, 6.07) is 0. The molecule has 0 saturated carbocycles. The van der Waals surface area contributed by atoms with Gasteiger partial charge >= 0.3 is 0 Å². The third-order valence-electron chi connectivity index (χ3n) is 5.17. The van der Waals surface area contributed by atoms with Crippen molar-refractivity contribution >= 4 is 45.4 Å². The van der Waals surface area contributed by atoms with Gasteiger partial charge in [0, 0.05) is 30.9 Å². The van der Waals surface area contributed by atoms with Gasteiger partial charge in [-0.05, 0) is 24.8 Å². The van der Waals surface area contributed by atoms with Crippen molar-refractivity contribution in [3.8, 4) is 0 Å². The number of nitrogens with zero attached hydrogens (tertiary/aromatic N) is 4. The molecule has 0 fully saturated rings. The molecule has 2 aliphatic heterocycles. The van der Waals surface area contributed by atoms with Gasteiger partial charge in [-0.25, -0.2) is 4.98 Å². The number of amides is 3. The molecule has 7 nitrogen and oxygen atoms in total. The summed E-state index contributed by atoms with van der Waals surface area (Å²) in [6.07, 6.45) is 2.50. The molecule has 0 bridgehead atoms. The van der Waals surface area contributed by atoms with E-state index in [-0.39, 0.29) is 24.3 Å². The number of anilines is 1. The number of fused-ring (bicyclic) bond motifs is 3. The van der Waals surface area contributed by atoms with Crippen molar-refractivity contribution in [1.29, 1.82) is 0 Å². The summed E-state index contributed by atoms with van der Waals surface area (Å²) in [5.74, 6) is -0.290. The van der Waals surface area contributed by atoms with E-state index in [1.54, 1.807) is 23.9 Å². The number of aromatic nitrogens is 1. The fourth-order valence-corrected chi connectivity index (χ4v) is 5.81. The van der Waals surface area contributed by atoms with Gasteiger partial charge in [-0.15, -0.1) is 22.7 Å². The van der Waals surface area contributed by atoms with Gasteiger partial charge in [-0.3, -0.25) is 14.4 Å². The Hall–Kier alpha value is -2.26. The van der Waals surface area contributed by atoms with Gasteiger partial charge in [0.2, 0.25) is 5.91 Å². The summed E-state index contributed by atoms with van der Waals surface area (Å²) < 4.78 is 0. The number of likely N-dealkylation sites (N-methyl/N-ethyl adjacent to an activating group) is 2. The van der Waals surface area contributed by atoms with E-state index in [0.29, 0.717) is 35.8 Å². The molecule has 0 spiro atoms. The minimum absolute atomic E-state index is 0.0688. The zero-order valence-corrected chi connectivity index (χ0v) is 17.8. The first kappa shape index (κ1) is 19.1. The predicted molar refractivity (Wildman–Crippen MR) is 109 cm³/mol. The highest BCUT2D eigenvalue weighted by molar-refractivity contribution is 7.17. The average Bonchev–Trinajstić information content (AvgIpc) is 3.28. The molecule has 4 rings (SSSR count). The molecular formula is C19H22N4O3S2. The third-order valence-corrected chi connectivity index (χ3v) is 7.37. The molecule has 3 amide bonds. The number of rotatable bonds is 3. The van der Waals surface area contributed by atoms with E-state index < -0.39 is 0 Å². The summed E-state index contributed by atoms with van der Waals surface area (Å²) in [7, 11) is 3.37. The number of aryl methyl sites for hydroxylation is 1. The van der Waals surface area contributed by atoms with Crippen molar-refractivity contribution in [3.63, 3.8) is 0 Å². The van der Waals surface area contributed by atoms with Crippen LogP contribution >= 0.6 is 22.7 Å². The quantitative estimate of drug-likeness (QED) is 0.767. The van der Waals surface area contributed by atoms with Crippen LogP contribution in [0.3, 0.4) is 0 Å². The van der Waals surface area contributed by atoms with Crippen molar-refractivity contribution in [2.45, 2.75) is 32.7 Å². The maximum Gasteiger partial charge on any atom is 0.273 e. The van der Waals surface area contributed by atoms with Crippen LogP contribution in [0.15, 0.2) is 5.38 Å². The summed E-state index contributed by atoms with van der Waals surface area (Å²) in [5, 5.41) is 3.51. The predicted octanol–water partition coefficient (Wildman–Crippen LogP) is 2.40. The van der Waals surface area contributed by atoms with Gasteiger partial charge in [0.1, 0.15) is 17.2 Å². The zero-order valence-electron chi connectivity index (χ0n) is 16.2. The number of hydrogen-bond donors (Lipinski definition) is 0. The summed E-state index contributed by atoms with van der Waals surface area (Å²) in [5.41, 5.74) is 2.10. The Morgan fingerprint density at radius 3 is 2.79 bits per heavy atom. The highest BCUT2D eigenvalue weighted by Crippen LogP contribution is 2.41. The van der Waals surface area contributed by atoms with Crippen LogP contribution in [0.4, 0.5) is 5.00 Å². The van der Waals surface area contributed by atoms with Crippen molar-refractivity contribution < 1.29 is 14.4 Å². The SMILES string of the molecule is CCCc1nc(C(=O)N2CCc3c(sc4c3C(=O)N(C)CC(=O)N4C)C2)cs1. The Kier molecular flexibility index (Phi) is 4.96. The topological polar surface area (TPSA) is 73.8 Å². The molecular weight excluding hydrogens is 396 g/mol. The Morgan fingerprint density at radius 1 is 1.25 bits per heavy atom. The van der Waals surface area contributed by atoms with E-state index in [0.717, 1.165) is 28.3 Å². The lowest BCUT2D eigenvalue weighted by atomic mass is 10.0. The molecule has 0 unspecified atom stereocenters. The highest BCUT2D eigenvalue weighted by atomic mass is 32.1. The lowest BCUT2D eigenvalue weighted by molar-refractivity contribution is -0.118. The van der Waals surface area contributed by atoms with Gasteiger partial charge in [0.25, 0.3) is 11.8 Å². The number of thiophene rings is 1. The molecule has 0 aromatic carbocycles. The van der Waals surface area contributed by atoms with Crippen LogP contribution in [0.5, 0.6) is 0 Å². The summed E-state index contributed by atoms with van der Waals surface area (Å²) in [4.78, 5) is 48.3. The van der Waals surface area contributed by atoms with Crippen LogP contribution < -0.4 is 4.90 Å². The molecule has 2 aromatic heterocycles. The van der Waals surface area contributed by atoms with Gasteiger partial charge in [-0.2, -0.15) is 0 Å². The van der Waals surface area contributed by atoms with Crippen LogP contribution in [0.2, 0.25) is 0 Å². The van der Waals surface area contributed by atoms with Crippen molar-refractivity contribution in [3.05, 3.63) is 32.1 Å². The lowest BCUT2D eigenvalue weighted by Gasteiger charge is -2.27. The van der Waals surface area contributed by atoms with Crippen LogP contribution in [0.25, 0.3) is 0 Å². The normalized spacial score (nSPS) is 16.9. The molecule has 0 aliphatic carbocycles. The largest absolute Gasteiger partial charge is 0.332 e. The number of carbonyl (C=O) groups excluding carboxylic acids is 3. The van der Waals surface area contributed by atoms with E-state index in [4.69, 9.17) is 0 Å². The van der Waals surface area contributed by atoms with Crippen LogP contribution in [-0.2, 0) is 24.2 Å². The molecule has 2 aliphatic rings. The average molecular weight is 419 g/mol. The molecule has 148 valence electrons. The monoisotopic (exact) mass is 418 g/mol. The van der Waals surface area contributed by atoms with E-state index in [1.165, 1.54) is 27.6 Å². The van der Waals surface area contributed by atoms with Crippen LogP contribution in [-0.4, -0.2) is 59.7 Å². The second-order valence-corrected chi connectivity index (χ2v) is 9.18. The van der Waals surface area contributed by atoms with Crippen molar-refractivity contribution in [2.75, 3.05) is 32.1 Å². The zero-order chi connectivity index (χ0) is 20.0. The maximum atomic E-state index is 12.9. The van der Waals surface area contributed by atoms with Gasteiger partial charge in [-0.1, -0.05) is 6.92 Å². The lowest BCUT2D eigenvalue weighted by Crippen LogP contribution is -2.37. The Bertz CT molecular complexity index is 965. The minimum Gasteiger partial charge on any atom is -0.332 e. The van der Waals surface area contributed by atoms with Gasteiger partial charge in [0.05, 0.1) is 17.1 Å². The molecule has 0 radical (unpaired) electrons. The molecule has 0 atom stereocenters. The molecule has 0 saturated heterocycles. The van der Waals surface area contributed by atoms with E-state index in [9.17, 15) is 14.4 Å². The fourth-order valence-electron chi connectivity index (χ4n) is 3.60. The van der Waals surface area contributed by atoms with E-state index in [2.05, 4.69) is 11.9 Å². The molecule has 2 aromatic rings. The first-order valence-corrected chi connectivity index (χ1v) is 11.0. The van der Waals surface area contributed by atoms with E-state index >= 15 is 0 Å². The first-order valence-electron chi connectivity index (χ1n) is 9.31. The second-order valence-electron chi connectivity index (χ2n) is 7.15. The number of carbonyl (C=O) groups is 3. The molecule has 4 heterocycles. The van der Waals surface area contributed by atoms with E-state index in [1.807, 2.05) is 5.38 Å². The summed E-state index contributed by atoms with van der Waals surface area (Å²) in [6.45, 7) is 3.17. The fraction of sp³-hybridized carbons (Fsp3) is 0.474. The van der Waals surface area contributed by atoms with Gasteiger partial charge < -0.3 is 14.7 Å².